The van der Waals surface area contributed by atoms with Crippen LogP contribution >= 0.6 is 23.4 Å². The fraction of sp³-hybridized carbons (Fsp3) is 0.238. The number of hydrogen-bond acceptors (Lipinski definition) is 3. The van der Waals surface area contributed by atoms with Gasteiger partial charge in [0.25, 0.3) is 5.91 Å². The molecule has 3 rings (SSSR count). The van der Waals surface area contributed by atoms with Crippen LogP contribution in [0.15, 0.2) is 52.4 Å². The van der Waals surface area contributed by atoms with Crippen molar-refractivity contribution in [3.63, 3.8) is 0 Å². The Morgan fingerprint density at radius 2 is 1.81 bits per heavy atom. The molecule has 2 aromatic rings. The number of benzene rings is 2. The molecule has 1 amide bonds. The van der Waals surface area contributed by atoms with Crippen molar-refractivity contribution in [2.45, 2.75) is 33.1 Å². The molecule has 0 radical (unpaired) electrons. The summed E-state index contributed by atoms with van der Waals surface area (Å²) in [5, 5.41) is 4.01. The Hall–Kier alpha value is -2.04. The molecule has 2 aromatic carbocycles. The fourth-order valence-corrected chi connectivity index (χ4v) is 3.52. The van der Waals surface area contributed by atoms with Gasteiger partial charge in [-0.25, -0.2) is 4.99 Å². The Balaban J connectivity index is 1.82. The number of amides is 1. The van der Waals surface area contributed by atoms with E-state index >= 15 is 0 Å². The van der Waals surface area contributed by atoms with Crippen molar-refractivity contribution in [2.24, 2.45) is 4.99 Å². The molecule has 0 aromatic heterocycles. The number of halogens is 1. The third-order valence-electron chi connectivity index (χ3n) is 4.12. The Labute approximate surface area is 163 Å². The van der Waals surface area contributed by atoms with Gasteiger partial charge in [-0.2, -0.15) is 0 Å². The number of aryl methyl sites for hydroxylation is 1. The van der Waals surface area contributed by atoms with E-state index in [9.17, 15) is 4.79 Å². The van der Waals surface area contributed by atoms with Gasteiger partial charge >= 0.3 is 0 Å². The first-order valence-electron chi connectivity index (χ1n) is 8.39. The molecule has 134 valence electrons. The van der Waals surface area contributed by atoms with Crippen LogP contribution in [0.4, 0.5) is 5.69 Å². The lowest BCUT2D eigenvalue weighted by Crippen LogP contribution is -2.19. The molecule has 1 heterocycles. The van der Waals surface area contributed by atoms with Crippen LogP contribution in [-0.4, -0.2) is 11.1 Å². The maximum absolute atomic E-state index is 12.3. The summed E-state index contributed by atoms with van der Waals surface area (Å²) in [5.41, 5.74) is 4.14. The van der Waals surface area contributed by atoms with Gasteiger partial charge in [-0.3, -0.25) is 4.79 Å². The minimum atomic E-state index is -0.131. The van der Waals surface area contributed by atoms with Gasteiger partial charge in [0.15, 0.2) is 5.17 Å². The zero-order valence-electron chi connectivity index (χ0n) is 15.3. The molecule has 1 aliphatic rings. The van der Waals surface area contributed by atoms with Crippen LogP contribution in [0.2, 0.25) is 5.02 Å². The minimum absolute atomic E-state index is 0.111. The number of rotatable bonds is 2. The maximum atomic E-state index is 12.3. The zero-order chi connectivity index (χ0) is 18.9. The summed E-state index contributed by atoms with van der Waals surface area (Å²) in [7, 11) is 0. The Bertz CT molecular complexity index is 909. The zero-order valence-corrected chi connectivity index (χ0v) is 16.8. The second-order valence-corrected chi connectivity index (χ2v) is 8.75. The monoisotopic (exact) mass is 384 g/mol. The van der Waals surface area contributed by atoms with E-state index in [1.807, 2.05) is 37.3 Å². The Kier molecular flexibility index (Phi) is 5.26. The molecule has 0 saturated carbocycles. The summed E-state index contributed by atoms with van der Waals surface area (Å²) in [6, 6.07) is 13.8. The lowest BCUT2D eigenvalue weighted by atomic mass is 9.87. The summed E-state index contributed by atoms with van der Waals surface area (Å²) in [6.07, 6.45) is 1.89. The van der Waals surface area contributed by atoms with Crippen LogP contribution in [-0.2, 0) is 10.2 Å². The summed E-state index contributed by atoms with van der Waals surface area (Å²) < 4.78 is 0. The van der Waals surface area contributed by atoms with E-state index in [0.717, 1.165) is 16.8 Å². The molecule has 26 heavy (non-hydrogen) atoms. The molecule has 5 heteroatoms. The van der Waals surface area contributed by atoms with Gasteiger partial charge in [0.05, 0.1) is 10.6 Å². The van der Waals surface area contributed by atoms with Gasteiger partial charge in [0.2, 0.25) is 0 Å². The molecular formula is C21H21ClN2OS. The molecule has 1 aliphatic heterocycles. The van der Waals surface area contributed by atoms with Crippen molar-refractivity contribution < 1.29 is 4.79 Å². The number of thioether (sulfide) groups is 1. The van der Waals surface area contributed by atoms with Crippen LogP contribution in [0.1, 0.15) is 37.5 Å². The summed E-state index contributed by atoms with van der Waals surface area (Å²) >= 11 is 7.38. The highest BCUT2D eigenvalue weighted by Gasteiger charge is 2.24. The number of amidine groups is 1. The minimum Gasteiger partial charge on any atom is -0.300 e. The molecule has 0 aliphatic carbocycles. The maximum Gasteiger partial charge on any atom is 0.264 e. The SMILES string of the molecule is Cc1ccc(Cl)cc1N=C1NC(=O)/C(=C/c2ccc(C(C)(C)C)cc2)S1. The van der Waals surface area contributed by atoms with Gasteiger partial charge < -0.3 is 5.32 Å². The molecule has 0 bridgehead atoms. The van der Waals surface area contributed by atoms with Crippen molar-refractivity contribution in [3.05, 3.63) is 69.1 Å². The van der Waals surface area contributed by atoms with E-state index in [0.29, 0.717) is 15.1 Å². The van der Waals surface area contributed by atoms with Crippen molar-refractivity contribution in [1.82, 2.24) is 5.32 Å². The number of nitrogens with zero attached hydrogens (tertiary/aromatic N) is 1. The normalized spacial score (nSPS) is 17.8. The molecule has 3 nitrogen and oxygen atoms in total. The highest BCUT2D eigenvalue weighted by molar-refractivity contribution is 8.18. The first-order chi connectivity index (χ1) is 12.2. The van der Waals surface area contributed by atoms with Gasteiger partial charge in [-0.15, -0.1) is 0 Å². The number of nitrogens with one attached hydrogen (secondary N) is 1. The summed E-state index contributed by atoms with van der Waals surface area (Å²) in [5.74, 6) is -0.131. The average molecular weight is 385 g/mol. The van der Waals surface area contributed by atoms with Crippen LogP contribution in [0.5, 0.6) is 0 Å². The van der Waals surface area contributed by atoms with E-state index in [-0.39, 0.29) is 11.3 Å². The van der Waals surface area contributed by atoms with E-state index in [1.54, 1.807) is 6.07 Å². The Morgan fingerprint density at radius 1 is 1.12 bits per heavy atom. The van der Waals surface area contributed by atoms with E-state index in [4.69, 9.17) is 11.6 Å². The third-order valence-corrected chi connectivity index (χ3v) is 5.26. The van der Waals surface area contributed by atoms with Crippen LogP contribution in [0.3, 0.4) is 0 Å². The number of carbonyl (C=O) groups excluding carboxylic acids is 1. The summed E-state index contributed by atoms with van der Waals surface area (Å²) in [4.78, 5) is 17.4. The predicted octanol–water partition coefficient (Wildman–Crippen LogP) is 5.84. The number of carbonyl (C=O) groups is 1. The number of hydrogen-bond donors (Lipinski definition) is 1. The fourth-order valence-electron chi connectivity index (χ4n) is 2.52. The molecular weight excluding hydrogens is 364 g/mol. The average Bonchev–Trinajstić information content (AvgIpc) is 2.90. The molecule has 0 atom stereocenters. The molecule has 1 fully saturated rings. The lowest BCUT2D eigenvalue weighted by molar-refractivity contribution is -0.115. The first-order valence-corrected chi connectivity index (χ1v) is 9.58. The largest absolute Gasteiger partial charge is 0.300 e. The van der Waals surface area contributed by atoms with Crippen molar-refractivity contribution in [2.75, 3.05) is 0 Å². The van der Waals surface area contributed by atoms with E-state index < -0.39 is 0 Å². The third kappa shape index (κ3) is 4.37. The molecule has 1 N–H and O–H groups in total. The van der Waals surface area contributed by atoms with Gasteiger partial charge in [0, 0.05) is 5.02 Å². The highest BCUT2D eigenvalue weighted by atomic mass is 35.5. The quantitative estimate of drug-likeness (QED) is 0.661. The van der Waals surface area contributed by atoms with Gasteiger partial charge in [0.1, 0.15) is 0 Å². The smallest absolute Gasteiger partial charge is 0.264 e. The topological polar surface area (TPSA) is 41.5 Å². The molecule has 0 unspecified atom stereocenters. The van der Waals surface area contributed by atoms with E-state index in [2.05, 4.69) is 43.2 Å². The first kappa shape index (κ1) is 18.7. The van der Waals surface area contributed by atoms with E-state index in [1.165, 1.54) is 17.3 Å². The van der Waals surface area contributed by atoms with Crippen molar-refractivity contribution in [1.29, 1.82) is 0 Å². The Morgan fingerprint density at radius 3 is 2.46 bits per heavy atom. The van der Waals surface area contributed by atoms with Crippen molar-refractivity contribution in [3.8, 4) is 0 Å². The molecule has 0 spiro atoms. The van der Waals surface area contributed by atoms with Gasteiger partial charge in [-0.05, 0) is 59.0 Å². The predicted molar refractivity (Wildman–Crippen MR) is 112 cm³/mol. The standard InChI is InChI=1S/C21H21ClN2OS/c1-13-5-10-16(22)12-17(13)23-20-24-19(25)18(26-20)11-14-6-8-15(9-7-14)21(2,3)4/h5-12H,1-4H3,(H,23,24,25)/b18-11-. The van der Waals surface area contributed by atoms with Gasteiger partial charge in [-0.1, -0.05) is 62.7 Å². The summed E-state index contributed by atoms with van der Waals surface area (Å²) in [6.45, 7) is 8.51. The lowest BCUT2D eigenvalue weighted by Gasteiger charge is -2.18. The van der Waals surface area contributed by atoms with Crippen LogP contribution in [0, 0.1) is 6.92 Å². The highest BCUT2D eigenvalue weighted by Crippen LogP contribution is 2.30. The van der Waals surface area contributed by atoms with Crippen LogP contribution in [0.25, 0.3) is 6.08 Å². The number of aliphatic imine (C=N–C) groups is 1. The second-order valence-electron chi connectivity index (χ2n) is 7.28. The second kappa shape index (κ2) is 7.29. The van der Waals surface area contributed by atoms with Crippen molar-refractivity contribution >= 4 is 46.2 Å². The molecule has 1 saturated heterocycles. The van der Waals surface area contributed by atoms with Crippen LogP contribution < -0.4 is 5.32 Å².